The summed E-state index contributed by atoms with van der Waals surface area (Å²) >= 11 is 0. The molecule has 1 saturated heterocycles. The average Bonchev–Trinajstić information content (AvgIpc) is 2.96. The van der Waals surface area contributed by atoms with Gasteiger partial charge in [-0.25, -0.2) is 0 Å². The number of hydrogen-bond acceptors (Lipinski definition) is 5. The van der Waals surface area contributed by atoms with Gasteiger partial charge in [-0.2, -0.15) is 0 Å². The second kappa shape index (κ2) is 4.20. The number of allylic oxidation sites excluding steroid dienone is 1. The van der Waals surface area contributed by atoms with E-state index in [1.807, 2.05) is 13.8 Å². The number of rotatable bonds is 0. The zero-order valence-electron chi connectivity index (χ0n) is 14.9. The van der Waals surface area contributed by atoms with E-state index in [4.69, 9.17) is 4.74 Å². The van der Waals surface area contributed by atoms with Crippen molar-refractivity contribution in [1.29, 1.82) is 0 Å². The fourth-order valence-electron chi connectivity index (χ4n) is 7.72. The number of aliphatic hydroxyl groups excluding tert-OH is 1. The maximum Gasteiger partial charge on any atom is 0.312 e. The predicted octanol–water partition coefficient (Wildman–Crippen LogP) is 1.76. The van der Waals surface area contributed by atoms with E-state index < -0.39 is 34.1 Å². The van der Waals surface area contributed by atoms with E-state index in [1.165, 1.54) is 0 Å². The summed E-state index contributed by atoms with van der Waals surface area (Å²) in [5.74, 6) is -0.730. The molecular weight excluding hydrogens is 320 g/mol. The van der Waals surface area contributed by atoms with Crippen LogP contribution in [0.5, 0.6) is 0 Å². The molecule has 0 aromatic rings. The molecule has 1 aliphatic heterocycles. The Morgan fingerprint density at radius 3 is 2.64 bits per heavy atom. The van der Waals surface area contributed by atoms with Gasteiger partial charge in [0.1, 0.15) is 12.2 Å². The van der Waals surface area contributed by atoms with Crippen molar-refractivity contribution in [1.82, 2.24) is 0 Å². The SMILES string of the molecule is C=C1C(=O)C23CC1CCC2(O)C1(C)CCCC2(C)C(=O)OC(C21)C3O. The zero-order chi connectivity index (χ0) is 18.0. The molecule has 1 heterocycles. The summed E-state index contributed by atoms with van der Waals surface area (Å²) in [5, 5.41) is 23.4. The molecule has 4 saturated carbocycles. The molecule has 5 nitrogen and oxygen atoms in total. The normalized spacial score (nSPS) is 59.4. The molecule has 25 heavy (non-hydrogen) atoms. The molecule has 1 spiro atoms. The van der Waals surface area contributed by atoms with E-state index in [2.05, 4.69) is 6.58 Å². The highest BCUT2D eigenvalue weighted by Gasteiger charge is 2.82. The van der Waals surface area contributed by atoms with Crippen LogP contribution >= 0.6 is 0 Å². The van der Waals surface area contributed by atoms with Gasteiger partial charge in [0.05, 0.1) is 16.4 Å². The Bertz CT molecular complexity index is 730. The van der Waals surface area contributed by atoms with Crippen LogP contribution in [0.25, 0.3) is 0 Å². The number of carbonyl (C=O) groups excluding carboxylic acids is 2. The Morgan fingerprint density at radius 1 is 1.20 bits per heavy atom. The highest BCUT2D eigenvalue weighted by atomic mass is 16.6. The monoisotopic (exact) mass is 346 g/mol. The first-order valence-electron chi connectivity index (χ1n) is 9.49. The minimum atomic E-state index is -1.32. The number of aliphatic hydroxyl groups is 2. The summed E-state index contributed by atoms with van der Waals surface area (Å²) in [6, 6.07) is 0. The van der Waals surface area contributed by atoms with Gasteiger partial charge in [-0.1, -0.05) is 19.9 Å². The van der Waals surface area contributed by atoms with Crippen molar-refractivity contribution in [2.45, 2.75) is 70.2 Å². The smallest absolute Gasteiger partial charge is 0.312 e. The maximum absolute atomic E-state index is 13.3. The quantitative estimate of drug-likeness (QED) is 0.516. The van der Waals surface area contributed by atoms with Gasteiger partial charge >= 0.3 is 5.97 Å². The van der Waals surface area contributed by atoms with Gasteiger partial charge in [0.15, 0.2) is 5.78 Å². The highest BCUT2D eigenvalue weighted by molar-refractivity contribution is 6.04. The topological polar surface area (TPSA) is 83.8 Å². The van der Waals surface area contributed by atoms with E-state index in [0.717, 1.165) is 12.8 Å². The Hall–Kier alpha value is -1.20. The van der Waals surface area contributed by atoms with E-state index in [1.54, 1.807) is 0 Å². The zero-order valence-corrected chi connectivity index (χ0v) is 14.9. The van der Waals surface area contributed by atoms with Crippen molar-refractivity contribution in [2.24, 2.45) is 28.1 Å². The van der Waals surface area contributed by atoms with Crippen molar-refractivity contribution in [3.05, 3.63) is 12.2 Å². The van der Waals surface area contributed by atoms with Crippen LogP contribution in [-0.2, 0) is 14.3 Å². The first kappa shape index (κ1) is 16.0. The van der Waals surface area contributed by atoms with E-state index in [9.17, 15) is 19.8 Å². The van der Waals surface area contributed by atoms with Crippen molar-refractivity contribution in [3.63, 3.8) is 0 Å². The minimum Gasteiger partial charge on any atom is -0.459 e. The summed E-state index contributed by atoms with van der Waals surface area (Å²) in [4.78, 5) is 26.0. The van der Waals surface area contributed by atoms with Crippen LogP contribution in [0.4, 0.5) is 0 Å². The van der Waals surface area contributed by atoms with Crippen LogP contribution in [0.2, 0.25) is 0 Å². The average molecular weight is 346 g/mol. The fourth-order valence-corrected chi connectivity index (χ4v) is 7.72. The largest absolute Gasteiger partial charge is 0.459 e. The van der Waals surface area contributed by atoms with Gasteiger partial charge in [0.2, 0.25) is 0 Å². The van der Waals surface area contributed by atoms with Crippen LogP contribution in [0, 0.1) is 28.1 Å². The lowest BCUT2D eigenvalue weighted by Gasteiger charge is -2.67. The third kappa shape index (κ3) is 1.34. The molecule has 0 radical (unpaired) electrons. The van der Waals surface area contributed by atoms with Crippen LogP contribution < -0.4 is 0 Å². The Balaban J connectivity index is 1.79. The van der Waals surface area contributed by atoms with Gasteiger partial charge in [0.25, 0.3) is 0 Å². The van der Waals surface area contributed by atoms with Gasteiger partial charge in [0, 0.05) is 11.3 Å². The van der Waals surface area contributed by atoms with Crippen molar-refractivity contribution in [3.8, 4) is 0 Å². The second-order valence-corrected chi connectivity index (χ2v) is 9.61. The Kier molecular flexibility index (Phi) is 2.69. The Labute approximate surface area is 147 Å². The number of Topliss-reactive ketones (excluding diaryl/α,β-unsaturated/α-hetero) is 1. The van der Waals surface area contributed by atoms with Crippen molar-refractivity contribution < 1.29 is 24.5 Å². The van der Waals surface area contributed by atoms with Crippen molar-refractivity contribution >= 4 is 11.8 Å². The molecule has 0 amide bonds. The van der Waals surface area contributed by atoms with E-state index in [0.29, 0.717) is 31.3 Å². The van der Waals surface area contributed by atoms with Gasteiger partial charge in [-0.05, 0) is 50.5 Å². The van der Waals surface area contributed by atoms with Gasteiger partial charge < -0.3 is 14.9 Å². The lowest BCUT2D eigenvalue weighted by molar-refractivity contribution is -0.294. The number of ether oxygens (including phenoxy) is 1. The van der Waals surface area contributed by atoms with Crippen LogP contribution in [0.15, 0.2) is 12.2 Å². The number of hydrogen-bond donors (Lipinski definition) is 2. The summed E-state index contributed by atoms with van der Waals surface area (Å²) in [6.45, 7) is 7.90. The van der Waals surface area contributed by atoms with Crippen LogP contribution in [0.3, 0.4) is 0 Å². The fraction of sp³-hybridized carbons (Fsp3) is 0.800. The Morgan fingerprint density at radius 2 is 1.92 bits per heavy atom. The molecule has 0 aromatic heterocycles. The molecule has 8 atom stereocenters. The third-order valence-electron chi connectivity index (χ3n) is 8.91. The number of ketones is 1. The summed E-state index contributed by atoms with van der Waals surface area (Å²) < 4.78 is 5.70. The molecule has 4 aliphatic carbocycles. The third-order valence-corrected chi connectivity index (χ3v) is 8.91. The molecule has 5 aliphatic rings. The van der Waals surface area contributed by atoms with Crippen LogP contribution in [0.1, 0.15) is 52.4 Å². The molecule has 2 N–H and O–H groups in total. The minimum absolute atomic E-state index is 0.0228. The van der Waals surface area contributed by atoms with Gasteiger partial charge in [-0.3, -0.25) is 9.59 Å². The number of carbonyl (C=O) groups is 2. The van der Waals surface area contributed by atoms with E-state index >= 15 is 0 Å². The molecule has 136 valence electrons. The predicted molar refractivity (Wildman–Crippen MR) is 88.3 cm³/mol. The molecular formula is C20H26O5. The molecule has 0 aromatic carbocycles. The van der Waals surface area contributed by atoms with Crippen molar-refractivity contribution in [2.75, 3.05) is 0 Å². The lowest BCUT2D eigenvalue weighted by Crippen LogP contribution is -2.76. The summed E-state index contributed by atoms with van der Waals surface area (Å²) in [6.07, 6.45) is 2.02. The number of esters is 1. The highest BCUT2D eigenvalue weighted by Crippen LogP contribution is 2.74. The molecule has 5 fully saturated rings. The number of fused-ring (bicyclic) bond motifs is 2. The first-order chi connectivity index (χ1) is 11.6. The molecule has 8 unspecified atom stereocenters. The molecule has 2 bridgehead atoms. The van der Waals surface area contributed by atoms with E-state index in [-0.39, 0.29) is 23.6 Å². The second-order valence-electron chi connectivity index (χ2n) is 9.61. The lowest BCUT2D eigenvalue weighted by atomic mass is 9.38. The maximum atomic E-state index is 13.3. The van der Waals surface area contributed by atoms with Gasteiger partial charge in [-0.15, -0.1) is 0 Å². The summed E-state index contributed by atoms with van der Waals surface area (Å²) in [7, 11) is 0. The first-order valence-corrected chi connectivity index (χ1v) is 9.49. The van der Waals surface area contributed by atoms with Crippen LogP contribution in [-0.4, -0.2) is 39.8 Å². The standard InChI is InChI=1S/C20H26O5/c1-10-11-5-8-20(24)18(3)7-4-6-17(2)13(18)12(25-16(17)23)15(22)19(20,9-11)14(10)21/h11-13,15,22,24H,1,4-9H2,2-3H3. The molecule has 5 heteroatoms. The summed E-state index contributed by atoms with van der Waals surface area (Å²) in [5.41, 5.74) is -3.37. The molecule has 5 rings (SSSR count).